The van der Waals surface area contributed by atoms with Crippen molar-refractivity contribution in [2.45, 2.75) is 41.7 Å². The summed E-state index contributed by atoms with van der Waals surface area (Å²) in [5.74, 6) is -0.707. The number of nitrogens with zero attached hydrogens (tertiary/aromatic N) is 1. The van der Waals surface area contributed by atoms with Gasteiger partial charge in [0.1, 0.15) is 5.82 Å². The molecule has 0 fully saturated rings. The third kappa shape index (κ3) is 4.51. The van der Waals surface area contributed by atoms with Gasteiger partial charge in [-0.15, -0.1) is 12.4 Å². The van der Waals surface area contributed by atoms with E-state index in [1.165, 1.54) is 0 Å². The van der Waals surface area contributed by atoms with Crippen molar-refractivity contribution in [1.82, 2.24) is 0 Å². The van der Waals surface area contributed by atoms with Crippen molar-refractivity contribution >= 4 is 28.1 Å². The Morgan fingerprint density at radius 1 is 1.00 bits per heavy atom. The molecular weight excluding hydrogens is 505 g/mol. The highest BCUT2D eigenvalue weighted by atomic mass is 35.5. The van der Waals surface area contributed by atoms with Crippen LogP contribution in [0.1, 0.15) is 17.5 Å². The fourth-order valence-electron chi connectivity index (χ4n) is 3.61. The molecule has 0 amide bonds. The number of rotatable bonds is 4. The number of hydrogen-bond donors (Lipinski definition) is 2. The average Bonchev–Trinajstić information content (AvgIpc) is 2.70. The van der Waals surface area contributed by atoms with Gasteiger partial charge in [-0.1, -0.05) is 12.1 Å². The molecule has 0 unspecified atom stereocenters. The molecule has 33 heavy (non-hydrogen) atoms. The molecule has 1 aliphatic heterocycles. The van der Waals surface area contributed by atoms with E-state index < -0.39 is 45.4 Å². The molecule has 5 nitrogen and oxygen atoms in total. The summed E-state index contributed by atoms with van der Waals surface area (Å²) in [5, 5.41) is 9.65. The summed E-state index contributed by atoms with van der Waals surface area (Å²) >= 11 is 0. The predicted octanol–water partition coefficient (Wildman–Crippen LogP) is 4.03. The van der Waals surface area contributed by atoms with Crippen LogP contribution in [-0.4, -0.2) is 38.5 Å². The minimum atomic E-state index is -6.08. The van der Waals surface area contributed by atoms with Crippen molar-refractivity contribution < 1.29 is 44.3 Å². The number of aliphatic hydroxyl groups is 1. The minimum absolute atomic E-state index is 0. The lowest BCUT2D eigenvalue weighted by Gasteiger charge is -2.39. The lowest BCUT2D eigenvalue weighted by Crippen LogP contribution is -2.54. The molecule has 3 N–H and O–H groups in total. The van der Waals surface area contributed by atoms with Gasteiger partial charge in [0, 0.05) is 12.1 Å². The van der Waals surface area contributed by atoms with Crippen LogP contribution in [0.2, 0.25) is 0 Å². The van der Waals surface area contributed by atoms with Gasteiger partial charge >= 0.3 is 12.4 Å². The monoisotopic (exact) mass is 522 g/mol. The molecular formula is C19H18ClF7N2O3S. The number of sulfonamides is 1. The molecule has 0 aliphatic carbocycles. The van der Waals surface area contributed by atoms with Crippen molar-refractivity contribution in [2.24, 2.45) is 5.73 Å². The molecule has 3 rings (SSSR count). The third-order valence-corrected chi connectivity index (χ3v) is 7.16. The summed E-state index contributed by atoms with van der Waals surface area (Å²) in [6, 6.07) is 4.56. The van der Waals surface area contributed by atoms with E-state index in [1.807, 2.05) is 0 Å². The summed E-state index contributed by atoms with van der Waals surface area (Å²) in [6.45, 7) is -0.184. The van der Waals surface area contributed by atoms with Crippen LogP contribution in [0.15, 0.2) is 47.4 Å². The fraction of sp³-hybridized carbons (Fsp3) is 0.368. The Bertz CT molecular complexity index is 1090. The van der Waals surface area contributed by atoms with Crippen LogP contribution in [-0.2, 0) is 22.0 Å². The van der Waals surface area contributed by atoms with Gasteiger partial charge in [-0.25, -0.2) is 12.8 Å². The van der Waals surface area contributed by atoms with Gasteiger partial charge in [-0.3, -0.25) is 4.31 Å². The molecule has 0 spiro atoms. The zero-order chi connectivity index (χ0) is 24.1. The molecule has 1 aliphatic rings. The van der Waals surface area contributed by atoms with Gasteiger partial charge in [-0.2, -0.15) is 26.3 Å². The van der Waals surface area contributed by atoms with Crippen LogP contribution < -0.4 is 10.0 Å². The molecule has 1 heterocycles. The maximum absolute atomic E-state index is 13.2. The number of halogens is 8. The number of nitrogens with two attached hydrogens (primary N) is 1. The third-order valence-electron chi connectivity index (χ3n) is 5.28. The molecule has 0 aromatic heterocycles. The Kier molecular flexibility index (Phi) is 7.35. The summed E-state index contributed by atoms with van der Waals surface area (Å²) < 4.78 is 120. The molecule has 2 aromatic carbocycles. The number of anilines is 1. The van der Waals surface area contributed by atoms with Crippen LogP contribution in [0.5, 0.6) is 0 Å². The SMILES string of the molecule is Cl.NC[C@@H]1CCc2cc(C(O)(C(F)(F)F)C(F)(F)F)ccc2N1S(=O)(=O)c1ccc(F)cc1. The van der Waals surface area contributed by atoms with Crippen molar-refractivity contribution in [3.8, 4) is 0 Å². The van der Waals surface area contributed by atoms with E-state index in [2.05, 4.69) is 0 Å². The first-order valence-corrected chi connectivity index (χ1v) is 10.6. The van der Waals surface area contributed by atoms with E-state index in [-0.39, 0.29) is 47.9 Å². The van der Waals surface area contributed by atoms with Gasteiger partial charge in [0.2, 0.25) is 0 Å². The zero-order valence-corrected chi connectivity index (χ0v) is 18.1. The first-order chi connectivity index (χ1) is 14.6. The van der Waals surface area contributed by atoms with Gasteiger partial charge in [0.05, 0.1) is 16.6 Å². The van der Waals surface area contributed by atoms with Crippen LogP contribution >= 0.6 is 12.4 Å². The minimum Gasteiger partial charge on any atom is -0.369 e. The predicted molar refractivity (Wildman–Crippen MR) is 107 cm³/mol. The second kappa shape index (κ2) is 8.93. The Labute approximate surface area is 190 Å². The van der Waals surface area contributed by atoms with Crippen LogP contribution in [0.4, 0.5) is 36.4 Å². The number of fused-ring (bicyclic) bond motifs is 1. The molecule has 1 atom stereocenters. The number of hydrogen-bond acceptors (Lipinski definition) is 4. The molecule has 0 radical (unpaired) electrons. The average molecular weight is 523 g/mol. The highest BCUT2D eigenvalue weighted by molar-refractivity contribution is 7.92. The lowest BCUT2D eigenvalue weighted by atomic mass is 9.88. The maximum atomic E-state index is 13.2. The second-order valence-corrected chi connectivity index (χ2v) is 9.05. The van der Waals surface area contributed by atoms with Crippen molar-refractivity contribution in [1.29, 1.82) is 0 Å². The summed E-state index contributed by atoms with van der Waals surface area (Å²) in [6.07, 6.45) is -12.2. The van der Waals surface area contributed by atoms with Gasteiger partial charge < -0.3 is 10.8 Å². The summed E-state index contributed by atoms with van der Waals surface area (Å²) in [4.78, 5) is -0.337. The van der Waals surface area contributed by atoms with Crippen molar-refractivity contribution in [3.63, 3.8) is 0 Å². The lowest BCUT2D eigenvalue weighted by molar-refractivity contribution is -0.376. The number of alkyl halides is 6. The van der Waals surface area contributed by atoms with E-state index in [1.54, 1.807) is 0 Å². The van der Waals surface area contributed by atoms with E-state index in [0.717, 1.165) is 34.6 Å². The Hall–Kier alpha value is -2.09. The van der Waals surface area contributed by atoms with Gasteiger partial charge in [-0.05, 0) is 48.7 Å². The summed E-state index contributed by atoms with van der Waals surface area (Å²) in [7, 11) is -4.38. The smallest absolute Gasteiger partial charge is 0.369 e. The molecule has 0 bridgehead atoms. The van der Waals surface area contributed by atoms with E-state index in [0.29, 0.717) is 12.1 Å². The molecule has 0 saturated carbocycles. The first kappa shape index (κ1) is 27.2. The second-order valence-electron chi connectivity index (χ2n) is 7.23. The van der Waals surface area contributed by atoms with Crippen LogP contribution in [0.25, 0.3) is 0 Å². The molecule has 2 aromatic rings. The number of aryl methyl sites for hydroxylation is 1. The van der Waals surface area contributed by atoms with E-state index in [4.69, 9.17) is 5.73 Å². The standard InChI is InChI=1S/C19H17F7N2O3S.ClH/c20-13-3-6-15(7-4-13)32(30,31)28-14(10-27)5-1-11-9-12(2-8-16(11)28)17(29,18(21,22)23)19(24,25)26;/h2-4,6-9,14,29H,1,5,10,27H2;1H/t14-;/m0./s1. The van der Waals surface area contributed by atoms with E-state index in [9.17, 15) is 44.3 Å². The number of benzene rings is 2. The van der Waals surface area contributed by atoms with Gasteiger partial charge in [0.15, 0.2) is 0 Å². The Balaban J connectivity index is 0.00000385. The molecule has 14 heteroatoms. The molecule has 184 valence electrons. The maximum Gasteiger partial charge on any atom is 0.430 e. The molecule has 0 saturated heterocycles. The normalized spacial score (nSPS) is 17.4. The van der Waals surface area contributed by atoms with Crippen molar-refractivity contribution in [2.75, 3.05) is 10.8 Å². The quantitative estimate of drug-likeness (QED) is 0.594. The van der Waals surface area contributed by atoms with E-state index >= 15 is 0 Å². The summed E-state index contributed by atoms with van der Waals surface area (Å²) in [5.41, 5.74) is -1.29. The van der Waals surface area contributed by atoms with Gasteiger partial charge in [0.25, 0.3) is 15.6 Å². The Morgan fingerprint density at radius 2 is 1.55 bits per heavy atom. The first-order valence-electron chi connectivity index (χ1n) is 9.14. The topological polar surface area (TPSA) is 83.6 Å². The van der Waals surface area contributed by atoms with Crippen molar-refractivity contribution in [3.05, 3.63) is 59.4 Å². The van der Waals surface area contributed by atoms with Crippen LogP contribution in [0.3, 0.4) is 0 Å². The fourth-order valence-corrected chi connectivity index (χ4v) is 5.34. The largest absolute Gasteiger partial charge is 0.430 e. The highest BCUT2D eigenvalue weighted by Crippen LogP contribution is 2.51. The van der Waals surface area contributed by atoms with Crippen LogP contribution in [0, 0.1) is 5.82 Å². The highest BCUT2D eigenvalue weighted by Gasteiger charge is 2.71. The zero-order valence-electron chi connectivity index (χ0n) is 16.5. The Morgan fingerprint density at radius 3 is 2.03 bits per heavy atom.